The Labute approximate surface area is 170 Å². The van der Waals surface area contributed by atoms with Crippen LogP contribution in [0.15, 0.2) is 12.3 Å². The lowest BCUT2D eigenvalue weighted by atomic mass is 9.61. The highest BCUT2D eigenvalue weighted by Crippen LogP contribution is 2.59. The molecular weight excluding hydrogens is 348 g/mol. The second-order valence-corrected chi connectivity index (χ2v) is 15.7. The lowest BCUT2D eigenvalue weighted by molar-refractivity contribution is -0.0209. The second-order valence-electron chi connectivity index (χ2n) is 11.0. The Morgan fingerprint density at radius 1 is 1.19 bits per heavy atom. The van der Waals surface area contributed by atoms with Gasteiger partial charge in [-0.2, -0.15) is 0 Å². The minimum Gasteiger partial charge on any atom is -0.502 e. The third kappa shape index (κ3) is 5.21. The summed E-state index contributed by atoms with van der Waals surface area (Å²) in [4.78, 5) is 0. The van der Waals surface area contributed by atoms with Gasteiger partial charge in [-0.05, 0) is 92.8 Å². The average Bonchev–Trinajstić information content (AvgIpc) is 2.91. The maximum Gasteiger partial charge on any atom is 0.192 e. The Bertz CT molecular complexity index is 493. The Hall–Kier alpha value is -0.283. The van der Waals surface area contributed by atoms with Gasteiger partial charge in [0.15, 0.2) is 8.32 Å². The van der Waals surface area contributed by atoms with Crippen molar-refractivity contribution < 1.29 is 9.16 Å². The predicted octanol–water partition coefficient (Wildman–Crippen LogP) is 7.56. The van der Waals surface area contributed by atoms with Gasteiger partial charge in [-0.3, -0.25) is 0 Å². The number of allylic oxidation sites excluding steroid dienone is 1. The van der Waals surface area contributed by atoms with E-state index in [1.165, 1.54) is 38.5 Å². The van der Waals surface area contributed by atoms with E-state index in [1.807, 2.05) is 13.2 Å². The van der Waals surface area contributed by atoms with Crippen LogP contribution in [0, 0.1) is 23.2 Å². The molecule has 2 aliphatic carbocycles. The molecule has 0 saturated heterocycles. The van der Waals surface area contributed by atoms with E-state index in [0.29, 0.717) is 16.6 Å². The second kappa shape index (κ2) is 9.03. The fourth-order valence-electron chi connectivity index (χ4n) is 5.58. The molecule has 0 aromatic carbocycles. The first-order chi connectivity index (χ1) is 12.5. The van der Waals surface area contributed by atoms with Crippen molar-refractivity contribution in [2.75, 3.05) is 6.61 Å². The summed E-state index contributed by atoms with van der Waals surface area (Å²) in [6.07, 6.45) is 13.8. The lowest BCUT2D eigenvalue weighted by Crippen LogP contribution is -2.50. The van der Waals surface area contributed by atoms with E-state index in [1.54, 1.807) is 0 Å². The highest BCUT2D eigenvalue weighted by molar-refractivity contribution is 6.74. The van der Waals surface area contributed by atoms with Gasteiger partial charge in [0.1, 0.15) is 0 Å². The number of ether oxygens (including phenoxy) is 1. The Morgan fingerprint density at radius 3 is 2.52 bits per heavy atom. The van der Waals surface area contributed by atoms with E-state index >= 15 is 0 Å². The van der Waals surface area contributed by atoms with E-state index in [0.717, 1.165) is 30.8 Å². The minimum atomic E-state index is -1.69. The van der Waals surface area contributed by atoms with E-state index in [4.69, 9.17) is 9.16 Å². The number of rotatable bonds is 8. The zero-order valence-electron chi connectivity index (χ0n) is 19.4. The van der Waals surface area contributed by atoms with E-state index in [2.05, 4.69) is 53.8 Å². The van der Waals surface area contributed by atoms with Gasteiger partial charge in [0, 0.05) is 6.10 Å². The van der Waals surface area contributed by atoms with Crippen LogP contribution in [0.3, 0.4) is 0 Å². The lowest BCUT2D eigenvalue weighted by Gasteiger charge is -2.50. The number of hydrogen-bond donors (Lipinski definition) is 0. The fourth-order valence-corrected chi connectivity index (χ4v) is 6.98. The molecule has 0 aromatic heterocycles. The SMILES string of the molecule is CCOC=CCCC(C)[C@H]1CC[C@H]2[C@@H](O[Si](C)(C)C(C)(C)C)CCC[C@]12C. The van der Waals surface area contributed by atoms with Gasteiger partial charge >= 0.3 is 0 Å². The molecule has 5 atom stereocenters. The summed E-state index contributed by atoms with van der Waals surface area (Å²) in [5.41, 5.74) is 0.480. The van der Waals surface area contributed by atoms with Gasteiger partial charge in [-0.25, -0.2) is 0 Å². The first-order valence-electron chi connectivity index (χ1n) is 11.5. The van der Waals surface area contributed by atoms with Crippen molar-refractivity contribution >= 4 is 8.32 Å². The molecule has 0 heterocycles. The van der Waals surface area contributed by atoms with Gasteiger partial charge in [0.05, 0.1) is 12.9 Å². The fraction of sp³-hybridized carbons (Fsp3) is 0.917. The van der Waals surface area contributed by atoms with E-state index in [-0.39, 0.29) is 0 Å². The summed E-state index contributed by atoms with van der Waals surface area (Å²) < 4.78 is 12.3. The van der Waals surface area contributed by atoms with Crippen LogP contribution in [0.2, 0.25) is 18.1 Å². The summed E-state index contributed by atoms with van der Waals surface area (Å²) in [7, 11) is -1.69. The van der Waals surface area contributed by atoms with E-state index in [9.17, 15) is 0 Å². The molecule has 0 aliphatic heterocycles. The molecule has 2 rings (SSSR count). The molecule has 0 bridgehead atoms. The summed E-state index contributed by atoms with van der Waals surface area (Å²) >= 11 is 0. The normalized spacial score (nSPS) is 33.3. The molecular formula is C24H46O2Si. The monoisotopic (exact) mass is 394 g/mol. The van der Waals surface area contributed by atoms with Crippen molar-refractivity contribution in [3.8, 4) is 0 Å². The molecule has 0 aromatic rings. The van der Waals surface area contributed by atoms with Gasteiger partial charge in [0.2, 0.25) is 0 Å². The summed E-state index contributed by atoms with van der Waals surface area (Å²) in [5.74, 6) is 2.42. The first-order valence-corrected chi connectivity index (χ1v) is 14.4. The molecule has 2 aliphatic rings. The third-order valence-corrected chi connectivity index (χ3v) is 12.7. The van der Waals surface area contributed by atoms with Crippen molar-refractivity contribution in [3.05, 3.63) is 12.3 Å². The van der Waals surface area contributed by atoms with Crippen LogP contribution in [-0.2, 0) is 9.16 Å². The molecule has 0 amide bonds. The van der Waals surface area contributed by atoms with Crippen LogP contribution in [0.1, 0.15) is 86.5 Å². The molecule has 158 valence electrons. The Morgan fingerprint density at radius 2 is 1.89 bits per heavy atom. The first kappa shape index (κ1) is 23.0. The van der Waals surface area contributed by atoms with Gasteiger partial charge in [0.25, 0.3) is 0 Å². The quantitative estimate of drug-likeness (QED) is 0.312. The molecule has 3 heteroatoms. The maximum atomic E-state index is 6.99. The zero-order chi connectivity index (χ0) is 20.3. The average molecular weight is 395 g/mol. The topological polar surface area (TPSA) is 18.5 Å². The number of hydrogen-bond acceptors (Lipinski definition) is 2. The van der Waals surface area contributed by atoms with Gasteiger partial charge < -0.3 is 9.16 Å². The van der Waals surface area contributed by atoms with E-state index < -0.39 is 8.32 Å². The number of fused-ring (bicyclic) bond motifs is 1. The maximum absolute atomic E-state index is 6.99. The smallest absolute Gasteiger partial charge is 0.192 e. The summed E-state index contributed by atoms with van der Waals surface area (Å²) in [5, 5.41) is 0.305. The molecule has 0 N–H and O–H groups in total. The molecule has 0 spiro atoms. The molecule has 2 saturated carbocycles. The van der Waals surface area contributed by atoms with Crippen LogP contribution in [0.25, 0.3) is 0 Å². The third-order valence-electron chi connectivity index (χ3n) is 8.22. The standard InChI is InChI=1S/C24H46O2Si/c1-9-25-18-11-10-13-19(2)20-15-16-21-22(14-12-17-24(20,21)6)26-27(7,8)23(3,4)5/h11,18-22H,9-10,12-17H2,1-8H3/t19?,20-,21+,22+,24-/m1/s1. The molecule has 1 unspecified atom stereocenters. The van der Waals surface area contributed by atoms with Crippen LogP contribution in [0.5, 0.6) is 0 Å². The molecule has 0 radical (unpaired) electrons. The minimum absolute atomic E-state index is 0.305. The van der Waals surface area contributed by atoms with Gasteiger partial charge in [-0.15, -0.1) is 0 Å². The highest BCUT2D eigenvalue weighted by atomic mass is 28.4. The van der Waals surface area contributed by atoms with Crippen molar-refractivity contribution in [1.29, 1.82) is 0 Å². The van der Waals surface area contributed by atoms with Crippen LogP contribution in [0.4, 0.5) is 0 Å². The van der Waals surface area contributed by atoms with Crippen LogP contribution < -0.4 is 0 Å². The highest BCUT2D eigenvalue weighted by Gasteiger charge is 2.54. The Kier molecular flexibility index (Phi) is 7.69. The summed E-state index contributed by atoms with van der Waals surface area (Å²) in [6, 6.07) is 0. The van der Waals surface area contributed by atoms with Crippen molar-refractivity contribution in [3.63, 3.8) is 0 Å². The zero-order valence-corrected chi connectivity index (χ0v) is 20.4. The predicted molar refractivity (Wildman–Crippen MR) is 119 cm³/mol. The van der Waals surface area contributed by atoms with Crippen molar-refractivity contribution in [2.24, 2.45) is 23.2 Å². The summed E-state index contributed by atoms with van der Waals surface area (Å²) in [6.45, 7) is 19.9. The van der Waals surface area contributed by atoms with Crippen LogP contribution >= 0.6 is 0 Å². The largest absolute Gasteiger partial charge is 0.502 e. The van der Waals surface area contributed by atoms with Gasteiger partial charge in [-0.1, -0.05) is 41.0 Å². The Balaban J connectivity index is 2.02. The molecule has 27 heavy (non-hydrogen) atoms. The molecule has 2 fully saturated rings. The molecule has 2 nitrogen and oxygen atoms in total. The van der Waals surface area contributed by atoms with Crippen molar-refractivity contribution in [1.82, 2.24) is 0 Å². The van der Waals surface area contributed by atoms with Crippen molar-refractivity contribution in [2.45, 2.75) is 111 Å². The van der Waals surface area contributed by atoms with Crippen LogP contribution in [-0.4, -0.2) is 21.0 Å².